The highest BCUT2D eigenvalue weighted by Crippen LogP contribution is 2.29. The van der Waals surface area contributed by atoms with Crippen molar-refractivity contribution < 1.29 is 4.74 Å². The molecule has 8 nitrogen and oxygen atoms in total. The highest BCUT2D eigenvalue weighted by molar-refractivity contribution is 5.61. The number of aryl methyl sites for hydroxylation is 1. The van der Waals surface area contributed by atoms with Crippen molar-refractivity contribution in [1.82, 2.24) is 24.8 Å². The number of rotatable bonds is 7. The lowest BCUT2D eigenvalue weighted by Gasteiger charge is -2.33. The predicted octanol–water partition coefficient (Wildman–Crippen LogP) is 2.30. The van der Waals surface area contributed by atoms with Crippen LogP contribution in [-0.2, 0) is 17.6 Å². The van der Waals surface area contributed by atoms with Crippen LogP contribution in [-0.4, -0.2) is 97.4 Å². The molecule has 2 aromatic heterocycles. The number of likely N-dealkylation sites (N-methyl/N-ethyl adjacent to an activating group) is 1. The van der Waals surface area contributed by atoms with Gasteiger partial charge in [-0.3, -0.25) is 4.90 Å². The SMILES string of the molecule is CN1CCN(c2ccc(-c3nc4c(c(NCCCN5CCOCC5)n3)CCCC4)cn2)CC1. The standard InChI is InChI=1S/C25H37N7O/c1-30-11-13-32(14-12-30)23-8-7-20(19-27-23)24-28-22-6-3-2-5-21(22)25(29-24)26-9-4-10-31-15-17-33-18-16-31/h7-8,19H,2-6,9-18H2,1H3,(H,26,28,29). The lowest BCUT2D eigenvalue weighted by molar-refractivity contribution is 0.0378. The molecule has 2 fully saturated rings. The highest BCUT2D eigenvalue weighted by atomic mass is 16.5. The Hall–Kier alpha value is -2.29. The highest BCUT2D eigenvalue weighted by Gasteiger charge is 2.20. The minimum atomic E-state index is 0.795. The average molecular weight is 452 g/mol. The fourth-order valence-corrected chi connectivity index (χ4v) is 4.94. The third-order valence-corrected chi connectivity index (χ3v) is 7.06. The Bertz CT molecular complexity index is 906. The first-order valence-electron chi connectivity index (χ1n) is 12.6. The summed E-state index contributed by atoms with van der Waals surface area (Å²) in [5.41, 5.74) is 3.53. The van der Waals surface area contributed by atoms with Crippen LogP contribution in [0, 0.1) is 0 Å². The minimum Gasteiger partial charge on any atom is -0.379 e. The molecule has 0 bridgehead atoms. The number of aromatic nitrogens is 3. The van der Waals surface area contributed by atoms with Gasteiger partial charge in [0.2, 0.25) is 0 Å². The number of nitrogens with one attached hydrogen (secondary N) is 1. The van der Waals surface area contributed by atoms with Crippen LogP contribution in [0.15, 0.2) is 18.3 Å². The molecule has 0 saturated carbocycles. The van der Waals surface area contributed by atoms with Gasteiger partial charge in [0.1, 0.15) is 11.6 Å². The monoisotopic (exact) mass is 451 g/mol. The van der Waals surface area contributed by atoms with Crippen molar-refractivity contribution in [3.63, 3.8) is 0 Å². The van der Waals surface area contributed by atoms with Gasteiger partial charge in [0, 0.05) is 68.8 Å². The topological polar surface area (TPSA) is 69.7 Å². The number of hydrogen-bond donors (Lipinski definition) is 1. The van der Waals surface area contributed by atoms with Crippen LogP contribution in [0.25, 0.3) is 11.4 Å². The molecule has 4 heterocycles. The summed E-state index contributed by atoms with van der Waals surface area (Å²) < 4.78 is 5.45. The number of morpholine rings is 1. The molecule has 1 aliphatic carbocycles. The molecular formula is C25H37N7O. The average Bonchev–Trinajstić information content (AvgIpc) is 2.87. The molecule has 2 saturated heterocycles. The molecule has 5 rings (SSSR count). The minimum absolute atomic E-state index is 0.795. The van der Waals surface area contributed by atoms with E-state index in [2.05, 4.69) is 39.2 Å². The smallest absolute Gasteiger partial charge is 0.163 e. The van der Waals surface area contributed by atoms with Gasteiger partial charge in [-0.05, 0) is 57.8 Å². The van der Waals surface area contributed by atoms with Gasteiger partial charge < -0.3 is 19.9 Å². The number of piperazine rings is 1. The van der Waals surface area contributed by atoms with Crippen LogP contribution in [0.1, 0.15) is 30.5 Å². The summed E-state index contributed by atoms with van der Waals surface area (Å²) in [6.45, 7) is 10.1. The fourth-order valence-electron chi connectivity index (χ4n) is 4.94. The van der Waals surface area contributed by atoms with Crippen LogP contribution in [0.5, 0.6) is 0 Å². The molecule has 0 radical (unpaired) electrons. The third-order valence-electron chi connectivity index (χ3n) is 7.06. The fraction of sp³-hybridized carbons (Fsp3) is 0.640. The van der Waals surface area contributed by atoms with Crippen molar-refractivity contribution in [3.8, 4) is 11.4 Å². The van der Waals surface area contributed by atoms with E-state index in [1.54, 1.807) is 0 Å². The zero-order valence-electron chi connectivity index (χ0n) is 19.9. The second-order valence-electron chi connectivity index (χ2n) is 9.46. The lowest BCUT2D eigenvalue weighted by Crippen LogP contribution is -2.44. The van der Waals surface area contributed by atoms with Crippen molar-refractivity contribution in [2.75, 3.05) is 82.8 Å². The second-order valence-corrected chi connectivity index (χ2v) is 9.46. The first kappa shape index (κ1) is 22.5. The number of pyridine rings is 1. The van der Waals surface area contributed by atoms with Gasteiger partial charge in [-0.25, -0.2) is 15.0 Å². The van der Waals surface area contributed by atoms with Crippen molar-refractivity contribution in [2.24, 2.45) is 0 Å². The molecule has 0 unspecified atom stereocenters. The van der Waals surface area contributed by atoms with Crippen LogP contribution in [0.2, 0.25) is 0 Å². The van der Waals surface area contributed by atoms with Gasteiger partial charge in [-0.15, -0.1) is 0 Å². The summed E-state index contributed by atoms with van der Waals surface area (Å²) in [4.78, 5) is 21.9. The maximum absolute atomic E-state index is 5.45. The summed E-state index contributed by atoms with van der Waals surface area (Å²) in [5, 5.41) is 3.65. The number of ether oxygens (including phenoxy) is 1. The van der Waals surface area contributed by atoms with Gasteiger partial charge in [-0.1, -0.05) is 0 Å². The summed E-state index contributed by atoms with van der Waals surface area (Å²) in [6.07, 6.45) is 7.60. The normalized spacial score (nSPS) is 20.0. The van der Waals surface area contributed by atoms with Crippen LogP contribution < -0.4 is 10.2 Å². The molecule has 178 valence electrons. The van der Waals surface area contributed by atoms with Gasteiger partial charge in [0.05, 0.1) is 13.2 Å². The molecular weight excluding hydrogens is 414 g/mol. The lowest BCUT2D eigenvalue weighted by atomic mass is 9.96. The first-order chi connectivity index (χ1) is 16.3. The predicted molar refractivity (Wildman–Crippen MR) is 132 cm³/mol. The Morgan fingerprint density at radius 3 is 2.58 bits per heavy atom. The Balaban J connectivity index is 1.27. The molecule has 0 atom stereocenters. The number of anilines is 2. The van der Waals surface area contributed by atoms with Gasteiger partial charge in [-0.2, -0.15) is 0 Å². The van der Waals surface area contributed by atoms with E-state index in [0.29, 0.717) is 0 Å². The summed E-state index contributed by atoms with van der Waals surface area (Å²) in [6, 6.07) is 4.26. The molecule has 2 aromatic rings. The Morgan fingerprint density at radius 1 is 0.970 bits per heavy atom. The number of hydrogen-bond acceptors (Lipinski definition) is 8. The van der Waals surface area contributed by atoms with Crippen molar-refractivity contribution in [3.05, 3.63) is 29.6 Å². The van der Waals surface area contributed by atoms with E-state index >= 15 is 0 Å². The van der Waals surface area contributed by atoms with E-state index < -0.39 is 0 Å². The van der Waals surface area contributed by atoms with Gasteiger partial charge in [0.25, 0.3) is 0 Å². The zero-order chi connectivity index (χ0) is 22.5. The quantitative estimate of drug-likeness (QED) is 0.643. The molecule has 0 aromatic carbocycles. The van der Waals surface area contributed by atoms with Gasteiger partial charge in [0.15, 0.2) is 5.82 Å². The van der Waals surface area contributed by atoms with Crippen molar-refractivity contribution in [1.29, 1.82) is 0 Å². The summed E-state index contributed by atoms with van der Waals surface area (Å²) >= 11 is 0. The summed E-state index contributed by atoms with van der Waals surface area (Å²) in [7, 11) is 2.18. The van der Waals surface area contributed by atoms with E-state index in [1.165, 1.54) is 24.1 Å². The molecule has 8 heteroatoms. The number of nitrogens with zero attached hydrogens (tertiary/aromatic N) is 6. The summed E-state index contributed by atoms with van der Waals surface area (Å²) in [5.74, 6) is 2.87. The van der Waals surface area contributed by atoms with E-state index in [9.17, 15) is 0 Å². The van der Waals surface area contributed by atoms with Crippen LogP contribution >= 0.6 is 0 Å². The molecule has 1 N–H and O–H groups in total. The Kier molecular flexibility index (Phi) is 7.34. The van der Waals surface area contributed by atoms with E-state index in [-0.39, 0.29) is 0 Å². The van der Waals surface area contributed by atoms with E-state index in [1.807, 2.05) is 6.20 Å². The Labute approximate surface area is 197 Å². The van der Waals surface area contributed by atoms with E-state index in [4.69, 9.17) is 19.7 Å². The van der Waals surface area contributed by atoms with Gasteiger partial charge >= 0.3 is 0 Å². The maximum atomic E-state index is 5.45. The van der Waals surface area contributed by atoms with Crippen molar-refractivity contribution in [2.45, 2.75) is 32.1 Å². The number of fused-ring (bicyclic) bond motifs is 1. The van der Waals surface area contributed by atoms with Crippen molar-refractivity contribution >= 4 is 11.6 Å². The van der Waals surface area contributed by atoms with Crippen LogP contribution in [0.4, 0.5) is 11.6 Å². The molecule has 0 amide bonds. The third kappa shape index (κ3) is 5.62. The Morgan fingerprint density at radius 2 is 1.79 bits per heavy atom. The maximum Gasteiger partial charge on any atom is 0.163 e. The molecule has 0 spiro atoms. The molecule has 2 aliphatic heterocycles. The first-order valence-corrected chi connectivity index (χ1v) is 12.6. The van der Waals surface area contributed by atoms with Crippen LogP contribution in [0.3, 0.4) is 0 Å². The molecule has 33 heavy (non-hydrogen) atoms. The second kappa shape index (κ2) is 10.8. The largest absolute Gasteiger partial charge is 0.379 e. The molecule has 3 aliphatic rings. The zero-order valence-corrected chi connectivity index (χ0v) is 19.9. The van der Waals surface area contributed by atoms with E-state index in [0.717, 1.165) is 108 Å².